The quantitative estimate of drug-likeness (QED) is 0.416. The van der Waals surface area contributed by atoms with Crippen molar-refractivity contribution in [2.45, 2.75) is 39.2 Å². The van der Waals surface area contributed by atoms with Gasteiger partial charge in [-0.05, 0) is 48.7 Å². The van der Waals surface area contributed by atoms with Gasteiger partial charge in [-0.3, -0.25) is 20.4 Å². The Labute approximate surface area is 170 Å². The standard InChI is InChI=1S/C19H28N4O4S/c1-11-5-4-6-14(12(11)2)21-19(28)23-22-18(25)13-7-8-15(16(9-13)26-3)27-10-17(20)24/h7-9,11-12,14H,4-6,10H2,1-3H3,(H2,20,24)(H,22,25)(H2,21,23,28)/t11-,12-,14-/m1/s1. The zero-order valence-electron chi connectivity index (χ0n) is 16.4. The molecule has 0 heterocycles. The first kappa shape index (κ1) is 21.7. The summed E-state index contributed by atoms with van der Waals surface area (Å²) < 4.78 is 10.4. The van der Waals surface area contributed by atoms with E-state index in [1.54, 1.807) is 12.1 Å². The predicted molar refractivity (Wildman–Crippen MR) is 110 cm³/mol. The minimum absolute atomic E-state index is 0.276. The Kier molecular flexibility index (Phi) is 7.86. The van der Waals surface area contributed by atoms with Crippen molar-refractivity contribution < 1.29 is 19.1 Å². The molecule has 2 amide bonds. The number of methoxy groups -OCH3 is 1. The molecular formula is C19H28N4O4S. The minimum Gasteiger partial charge on any atom is -0.493 e. The lowest BCUT2D eigenvalue weighted by molar-refractivity contribution is -0.119. The number of carbonyl (C=O) groups is 2. The molecule has 0 unspecified atom stereocenters. The summed E-state index contributed by atoms with van der Waals surface area (Å²) >= 11 is 5.30. The zero-order chi connectivity index (χ0) is 20.7. The van der Waals surface area contributed by atoms with Crippen molar-refractivity contribution in [1.82, 2.24) is 16.2 Å². The summed E-state index contributed by atoms with van der Waals surface area (Å²) in [5.74, 6) is 0.820. The molecule has 1 aliphatic carbocycles. The Morgan fingerprint density at radius 2 is 1.96 bits per heavy atom. The molecule has 0 radical (unpaired) electrons. The van der Waals surface area contributed by atoms with Gasteiger partial charge in [-0.15, -0.1) is 0 Å². The first-order valence-electron chi connectivity index (χ1n) is 9.27. The van der Waals surface area contributed by atoms with Crippen LogP contribution in [-0.2, 0) is 4.79 Å². The van der Waals surface area contributed by atoms with E-state index in [1.807, 2.05) is 0 Å². The minimum atomic E-state index is -0.601. The van der Waals surface area contributed by atoms with Crippen molar-refractivity contribution in [1.29, 1.82) is 0 Å². The van der Waals surface area contributed by atoms with Gasteiger partial charge in [0.05, 0.1) is 7.11 Å². The molecule has 1 fully saturated rings. The lowest BCUT2D eigenvalue weighted by atomic mass is 9.78. The van der Waals surface area contributed by atoms with Gasteiger partial charge in [0, 0.05) is 11.6 Å². The third-order valence-electron chi connectivity index (χ3n) is 5.11. The van der Waals surface area contributed by atoms with Gasteiger partial charge < -0.3 is 20.5 Å². The molecule has 5 N–H and O–H groups in total. The van der Waals surface area contributed by atoms with Crippen LogP contribution in [0.3, 0.4) is 0 Å². The first-order chi connectivity index (χ1) is 13.3. The molecule has 9 heteroatoms. The number of amides is 2. The van der Waals surface area contributed by atoms with Crippen molar-refractivity contribution in [3.05, 3.63) is 23.8 Å². The van der Waals surface area contributed by atoms with Crippen LogP contribution < -0.4 is 31.4 Å². The van der Waals surface area contributed by atoms with Gasteiger partial charge in [-0.2, -0.15) is 0 Å². The maximum absolute atomic E-state index is 12.4. The Balaban J connectivity index is 1.89. The Hall–Kier alpha value is -2.55. The van der Waals surface area contributed by atoms with Gasteiger partial charge in [-0.1, -0.05) is 26.7 Å². The van der Waals surface area contributed by atoms with E-state index in [2.05, 4.69) is 30.0 Å². The molecule has 0 bridgehead atoms. The highest BCUT2D eigenvalue weighted by molar-refractivity contribution is 7.80. The molecule has 3 atom stereocenters. The highest BCUT2D eigenvalue weighted by atomic mass is 32.1. The fourth-order valence-corrected chi connectivity index (χ4v) is 3.46. The molecule has 154 valence electrons. The van der Waals surface area contributed by atoms with Crippen molar-refractivity contribution >= 4 is 29.1 Å². The van der Waals surface area contributed by atoms with E-state index < -0.39 is 5.91 Å². The van der Waals surface area contributed by atoms with Gasteiger partial charge in [0.25, 0.3) is 11.8 Å². The molecule has 8 nitrogen and oxygen atoms in total. The van der Waals surface area contributed by atoms with E-state index in [-0.39, 0.29) is 12.5 Å². The molecule has 0 saturated heterocycles. The molecule has 0 spiro atoms. The summed E-state index contributed by atoms with van der Waals surface area (Å²) in [7, 11) is 1.44. The van der Waals surface area contributed by atoms with Gasteiger partial charge in [0.1, 0.15) is 0 Å². The van der Waals surface area contributed by atoms with Crippen LogP contribution in [0.4, 0.5) is 0 Å². The topological polar surface area (TPSA) is 115 Å². The van der Waals surface area contributed by atoms with Crippen LogP contribution in [0.1, 0.15) is 43.5 Å². The van der Waals surface area contributed by atoms with Crippen LogP contribution in [0.25, 0.3) is 0 Å². The van der Waals surface area contributed by atoms with E-state index in [1.165, 1.54) is 26.0 Å². The summed E-state index contributed by atoms with van der Waals surface area (Å²) in [4.78, 5) is 23.2. The first-order valence-corrected chi connectivity index (χ1v) is 9.68. The molecular weight excluding hydrogens is 380 g/mol. The van der Waals surface area contributed by atoms with Crippen LogP contribution in [0, 0.1) is 11.8 Å². The van der Waals surface area contributed by atoms with Crippen molar-refractivity contribution in [2.24, 2.45) is 17.6 Å². The van der Waals surface area contributed by atoms with Crippen molar-refractivity contribution in [3.8, 4) is 11.5 Å². The maximum atomic E-state index is 12.4. The second-order valence-corrected chi connectivity index (χ2v) is 7.46. The molecule has 2 rings (SSSR count). The highest BCUT2D eigenvalue weighted by Crippen LogP contribution is 2.29. The van der Waals surface area contributed by atoms with Crippen LogP contribution in [0.5, 0.6) is 11.5 Å². The highest BCUT2D eigenvalue weighted by Gasteiger charge is 2.27. The SMILES string of the molecule is COc1cc(C(=O)NNC(=S)N[C@@H]2CCC[C@@H](C)[C@H]2C)ccc1OCC(N)=O. The fourth-order valence-electron chi connectivity index (χ4n) is 3.25. The van der Waals surface area contributed by atoms with E-state index in [4.69, 9.17) is 27.4 Å². The van der Waals surface area contributed by atoms with Crippen LogP contribution >= 0.6 is 12.2 Å². The van der Waals surface area contributed by atoms with Crippen LogP contribution in [0.2, 0.25) is 0 Å². The van der Waals surface area contributed by atoms with E-state index in [0.29, 0.717) is 40.1 Å². The van der Waals surface area contributed by atoms with Crippen LogP contribution in [-0.4, -0.2) is 36.7 Å². The van der Waals surface area contributed by atoms with Gasteiger partial charge in [0.2, 0.25) is 0 Å². The normalized spacial score (nSPS) is 21.3. The Bertz CT molecular complexity index is 728. The summed E-state index contributed by atoms with van der Waals surface area (Å²) in [5.41, 5.74) is 10.7. The zero-order valence-corrected chi connectivity index (χ0v) is 17.2. The third kappa shape index (κ3) is 5.98. The molecule has 28 heavy (non-hydrogen) atoms. The molecule has 1 aromatic carbocycles. The van der Waals surface area contributed by atoms with Gasteiger partial charge >= 0.3 is 0 Å². The van der Waals surface area contributed by atoms with E-state index >= 15 is 0 Å². The Morgan fingerprint density at radius 3 is 2.64 bits per heavy atom. The number of primary amides is 1. The van der Waals surface area contributed by atoms with Crippen LogP contribution in [0.15, 0.2) is 18.2 Å². The lowest BCUT2D eigenvalue weighted by Gasteiger charge is -2.35. The lowest BCUT2D eigenvalue weighted by Crippen LogP contribution is -2.52. The largest absolute Gasteiger partial charge is 0.493 e. The van der Waals surface area contributed by atoms with Crippen molar-refractivity contribution in [2.75, 3.05) is 13.7 Å². The number of thiocarbonyl (C=S) groups is 1. The molecule has 0 aromatic heterocycles. The number of carbonyl (C=O) groups excluding carboxylic acids is 2. The summed E-state index contributed by atoms with van der Waals surface area (Å²) in [6.07, 6.45) is 3.46. The third-order valence-corrected chi connectivity index (χ3v) is 5.33. The second-order valence-electron chi connectivity index (χ2n) is 7.05. The number of nitrogens with one attached hydrogen (secondary N) is 3. The molecule has 1 saturated carbocycles. The fraction of sp³-hybridized carbons (Fsp3) is 0.526. The number of hydrogen-bond donors (Lipinski definition) is 4. The number of hydrazine groups is 1. The molecule has 1 aliphatic rings. The average Bonchev–Trinajstić information content (AvgIpc) is 2.67. The monoisotopic (exact) mass is 408 g/mol. The number of rotatable bonds is 6. The van der Waals surface area contributed by atoms with Gasteiger partial charge in [0.15, 0.2) is 23.2 Å². The van der Waals surface area contributed by atoms with Crippen molar-refractivity contribution in [3.63, 3.8) is 0 Å². The second kappa shape index (κ2) is 10.1. The predicted octanol–water partition coefficient (Wildman–Crippen LogP) is 1.49. The van der Waals surface area contributed by atoms with E-state index in [0.717, 1.165) is 6.42 Å². The van der Waals surface area contributed by atoms with E-state index in [9.17, 15) is 9.59 Å². The average molecular weight is 409 g/mol. The molecule has 1 aromatic rings. The van der Waals surface area contributed by atoms with Gasteiger partial charge in [-0.25, -0.2) is 0 Å². The summed E-state index contributed by atoms with van der Waals surface area (Å²) in [6, 6.07) is 4.90. The number of benzene rings is 1. The maximum Gasteiger partial charge on any atom is 0.269 e. The smallest absolute Gasteiger partial charge is 0.269 e. The Morgan fingerprint density at radius 1 is 1.21 bits per heavy atom. The molecule has 0 aliphatic heterocycles. The number of hydrogen-bond acceptors (Lipinski definition) is 5. The number of nitrogens with two attached hydrogens (primary N) is 1. The summed E-state index contributed by atoms with van der Waals surface area (Å²) in [6.45, 7) is 4.19. The number of ether oxygens (including phenoxy) is 2. The summed E-state index contributed by atoms with van der Waals surface area (Å²) in [5, 5.41) is 3.66.